The highest BCUT2D eigenvalue weighted by atomic mass is 32.1. The fourth-order valence-corrected chi connectivity index (χ4v) is 7.53. The largest absolute Gasteiger partial charge is 0.508 e. The van der Waals surface area contributed by atoms with Crippen LogP contribution in [0.25, 0.3) is 0 Å². The summed E-state index contributed by atoms with van der Waals surface area (Å²) in [5, 5.41) is 27.9. The first kappa shape index (κ1) is 58.1. The van der Waals surface area contributed by atoms with Gasteiger partial charge >= 0.3 is 0 Å². The summed E-state index contributed by atoms with van der Waals surface area (Å²) in [7, 11) is 0. The number of imide groups is 1. The van der Waals surface area contributed by atoms with Crippen molar-refractivity contribution in [2.75, 3.05) is 25.4 Å². The smallest absolute Gasteiger partial charge is 0.250 e. The van der Waals surface area contributed by atoms with Crippen LogP contribution in [-0.2, 0) is 60.8 Å². The Balaban J connectivity index is 1.80. The van der Waals surface area contributed by atoms with Gasteiger partial charge in [-0.3, -0.25) is 58.3 Å². The van der Waals surface area contributed by atoms with Gasteiger partial charge in [-0.15, -0.1) is 0 Å². The summed E-state index contributed by atoms with van der Waals surface area (Å²) < 4.78 is 0. The van der Waals surface area contributed by atoms with Gasteiger partial charge in [0.25, 0.3) is 5.91 Å². The van der Waals surface area contributed by atoms with E-state index in [9.17, 15) is 53.1 Å². The van der Waals surface area contributed by atoms with Gasteiger partial charge < -0.3 is 64.8 Å². The number of guanidine groups is 1. The second kappa shape index (κ2) is 29.8. The average molecular weight is 1030 g/mol. The Morgan fingerprint density at radius 3 is 1.99 bits per heavy atom. The van der Waals surface area contributed by atoms with Crippen LogP contribution in [-0.4, -0.2) is 148 Å². The van der Waals surface area contributed by atoms with Crippen LogP contribution in [0.3, 0.4) is 0 Å². The van der Waals surface area contributed by atoms with Crippen LogP contribution >= 0.6 is 24.8 Å². The summed E-state index contributed by atoms with van der Waals surface area (Å²) in [5.41, 5.74) is 23.1. The molecule has 1 heterocycles. The average Bonchev–Trinajstić information content (AvgIpc) is 3.83. The Kier molecular flexibility index (Phi) is 24.4. The molecule has 0 bridgehead atoms. The van der Waals surface area contributed by atoms with Crippen LogP contribution in [0.2, 0.25) is 0 Å². The Morgan fingerprint density at radius 1 is 0.789 bits per heavy atom. The fourth-order valence-electron chi connectivity index (χ4n) is 7.14. The number of primary amides is 1. The zero-order valence-electron chi connectivity index (χ0n) is 39.1. The number of thiol groups is 1. The van der Waals surface area contributed by atoms with E-state index in [1.807, 2.05) is 0 Å². The molecule has 0 aromatic heterocycles. The van der Waals surface area contributed by atoms with Crippen molar-refractivity contribution >= 4 is 95.2 Å². The maximum atomic E-state index is 14.1. The van der Waals surface area contributed by atoms with Crippen LogP contribution in [0.5, 0.6) is 5.75 Å². The lowest BCUT2D eigenvalue weighted by Crippen LogP contribution is -2.60. The quantitative estimate of drug-likeness (QED) is 0.0128. The Morgan fingerprint density at radius 2 is 1.39 bits per heavy atom. The number of hydrogen-bond donors (Lipinski definition) is 13. The molecule has 1 saturated heterocycles. The number of phenolic OH excluding ortho intramolecular Hbond substituents is 1. The van der Waals surface area contributed by atoms with Crippen LogP contribution in [0.4, 0.5) is 0 Å². The van der Waals surface area contributed by atoms with Gasteiger partial charge in [0.05, 0.1) is 19.0 Å². The highest BCUT2D eigenvalue weighted by Crippen LogP contribution is 2.20. The molecule has 16 N–H and O–H groups in total. The second-order valence-corrected chi connectivity index (χ2v) is 17.1. The molecule has 0 aliphatic carbocycles. The molecule has 1 aliphatic rings. The van der Waals surface area contributed by atoms with Crippen molar-refractivity contribution in [3.63, 3.8) is 0 Å². The van der Waals surface area contributed by atoms with Gasteiger partial charge in [0.15, 0.2) is 5.96 Å². The van der Waals surface area contributed by atoms with Gasteiger partial charge in [0, 0.05) is 37.7 Å². The van der Waals surface area contributed by atoms with E-state index in [1.54, 1.807) is 49.4 Å². The van der Waals surface area contributed by atoms with Crippen molar-refractivity contribution in [1.82, 2.24) is 42.1 Å². The number of aliphatic imine (C=N–C) groups is 1. The maximum Gasteiger partial charge on any atom is 0.250 e. The predicted molar refractivity (Wildman–Crippen MR) is 267 cm³/mol. The number of rotatable bonds is 28. The highest BCUT2D eigenvalue weighted by molar-refractivity contribution is 7.80. The zero-order chi connectivity index (χ0) is 52.6. The molecule has 3 rings (SSSR count). The molecule has 1 aliphatic heterocycles. The predicted octanol–water partition coefficient (Wildman–Crippen LogP) is -3.66. The number of phenols is 1. The summed E-state index contributed by atoms with van der Waals surface area (Å²) in [6, 6.07) is 5.09. The van der Waals surface area contributed by atoms with Gasteiger partial charge in [-0.1, -0.05) is 61.6 Å². The minimum absolute atomic E-state index is 0.0209. The van der Waals surface area contributed by atoms with Crippen molar-refractivity contribution in [3.8, 4) is 5.75 Å². The molecule has 1 unspecified atom stereocenters. The third kappa shape index (κ3) is 20.0. The van der Waals surface area contributed by atoms with E-state index in [0.717, 1.165) is 10.3 Å². The molecule has 26 heteroatoms. The first-order valence-electron chi connectivity index (χ1n) is 22.7. The topological polar surface area (TPSA) is 395 Å². The molecule has 1 fully saturated rings. The Hall–Kier alpha value is -7.19. The standard InChI is InChI=1S/C45H63N13O11S2/c1-2-28(46)38(63)57-37(62)23-51-39(64)29(10-6-17-50-45(48)49)53-43(68)34-11-7-18-58(34)44(69)33(24-71)56-42(67)32(22-35(47)60)55-41(66)31(20-25-8-4-3-5-9-25)54-40(65)30(52-36(61)16-19-70)21-26-12-14-27(59)15-13-26/h3-5,8-9,12-15,24,28-34,59,70H,2,6-7,10-11,16-23,46H2,1H3,(H2,47,60)(H,51,64)(H,52,61)(H,53,68)(H,54,65)(H,55,66)(H,56,67)(H4,48,49,50)(H,57,62,63)/t28?,29-,30-,31-,32-,33-,34-/m0/s1. The molecular weight excluding hydrogens is 963 g/mol. The molecule has 7 atom stereocenters. The fraction of sp³-hybridized carbons (Fsp3) is 0.467. The van der Waals surface area contributed by atoms with Crippen molar-refractivity contribution in [2.45, 2.75) is 107 Å². The molecule has 2 aromatic carbocycles. The summed E-state index contributed by atoms with van der Waals surface area (Å²) in [5.74, 6) is -8.38. The number of nitrogens with one attached hydrogen (secondary N) is 7. The zero-order valence-corrected chi connectivity index (χ0v) is 40.8. The summed E-state index contributed by atoms with van der Waals surface area (Å²) in [6.07, 6.45) is -0.0797. The van der Waals surface area contributed by atoms with Gasteiger partial charge in [-0.2, -0.15) is 12.6 Å². The number of hydrogen-bond acceptors (Lipinski definition) is 15. The third-order valence-corrected chi connectivity index (χ3v) is 11.4. The van der Waals surface area contributed by atoms with Crippen LogP contribution in [0.1, 0.15) is 63.0 Å². The second-order valence-electron chi connectivity index (χ2n) is 16.4. The van der Waals surface area contributed by atoms with E-state index >= 15 is 0 Å². The van der Waals surface area contributed by atoms with Gasteiger partial charge in [-0.05, 0) is 61.1 Å². The van der Waals surface area contributed by atoms with E-state index in [1.165, 1.54) is 12.1 Å². The lowest BCUT2D eigenvalue weighted by atomic mass is 10.0. The van der Waals surface area contributed by atoms with Gasteiger partial charge in [-0.25, -0.2) is 0 Å². The maximum absolute atomic E-state index is 14.1. The van der Waals surface area contributed by atoms with Gasteiger partial charge in [0.1, 0.15) is 42.0 Å². The van der Waals surface area contributed by atoms with E-state index < -0.39 is 114 Å². The summed E-state index contributed by atoms with van der Waals surface area (Å²) in [6.45, 7) is 1.11. The van der Waals surface area contributed by atoms with Crippen molar-refractivity contribution in [1.29, 1.82) is 0 Å². The lowest BCUT2D eigenvalue weighted by Gasteiger charge is -2.29. The summed E-state index contributed by atoms with van der Waals surface area (Å²) >= 11 is 9.22. The third-order valence-electron chi connectivity index (χ3n) is 10.9. The number of benzene rings is 2. The normalized spacial score (nSPS) is 15.4. The van der Waals surface area contributed by atoms with Crippen molar-refractivity contribution in [2.24, 2.45) is 27.9 Å². The van der Waals surface area contributed by atoms with E-state index in [2.05, 4.69) is 54.8 Å². The van der Waals surface area contributed by atoms with Gasteiger partial charge in [0.2, 0.25) is 53.2 Å². The molecule has 71 heavy (non-hydrogen) atoms. The lowest BCUT2D eigenvalue weighted by molar-refractivity contribution is -0.141. The van der Waals surface area contributed by atoms with E-state index in [4.69, 9.17) is 35.2 Å². The molecule has 0 saturated carbocycles. The van der Waals surface area contributed by atoms with E-state index in [0.29, 0.717) is 17.5 Å². The first-order chi connectivity index (χ1) is 33.8. The number of carbonyl (C=O) groups excluding carboxylic acids is 10. The van der Waals surface area contributed by atoms with Crippen LogP contribution in [0, 0.1) is 0 Å². The number of amides is 10. The SMILES string of the molecule is CCC(N)C(=O)NC(=O)CNC(=O)[C@H](CCCN=C(N)N)NC(=O)[C@@H]1CCCN1C(=O)[C@H](C=S)NC(=O)[C@H](CC(N)=O)NC(=O)[C@H](Cc1ccccc1)NC(=O)[C@H](Cc1ccc(O)cc1)NC(=O)CCS. The number of thiocarbonyl (C=S) groups is 1. The molecule has 0 radical (unpaired) electrons. The number of nitrogens with zero attached hydrogens (tertiary/aromatic N) is 2. The Labute approximate surface area is 420 Å². The van der Waals surface area contributed by atoms with Crippen molar-refractivity contribution in [3.05, 3.63) is 65.7 Å². The number of likely N-dealkylation sites (tertiary alicyclic amines) is 1. The molecule has 10 amide bonds. The molecule has 2 aromatic rings. The van der Waals surface area contributed by atoms with E-state index in [-0.39, 0.29) is 75.5 Å². The monoisotopic (exact) mass is 1030 g/mol. The Bertz CT molecular complexity index is 2250. The number of nitrogens with two attached hydrogens (primary N) is 4. The van der Waals surface area contributed by atoms with Crippen LogP contribution < -0.4 is 60.2 Å². The minimum Gasteiger partial charge on any atom is -0.508 e. The highest BCUT2D eigenvalue weighted by Gasteiger charge is 2.39. The molecule has 24 nitrogen and oxygen atoms in total. The van der Waals surface area contributed by atoms with Crippen molar-refractivity contribution < 1.29 is 53.1 Å². The molecule has 386 valence electrons. The van der Waals surface area contributed by atoms with Crippen LogP contribution in [0.15, 0.2) is 59.6 Å². The number of aromatic hydroxyl groups is 1. The summed E-state index contributed by atoms with van der Waals surface area (Å²) in [4.78, 5) is 138. The minimum atomic E-state index is -1.72. The first-order valence-corrected chi connectivity index (χ1v) is 23.8. The number of carbonyl (C=O) groups is 10. The molecule has 0 spiro atoms. The molecular formula is C45H63N13O11S2.